The van der Waals surface area contributed by atoms with Crippen molar-refractivity contribution < 1.29 is 18.0 Å². The van der Waals surface area contributed by atoms with E-state index < -0.39 is 15.1 Å². The van der Waals surface area contributed by atoms with Gasteiger partial charge in [0, 0.05) is 51.1 Å². The van der Waals surface area contributed by atoms with Gasteiger partial charge in [-0.3, -0.25) is 9.59 Å². The molecule has 4 heterocycles. The van der Waals surface area contributed by atoms with Crippen molar-refractivity contribution in [2.45, 2.75) is 23.5 Å². The highest BCUT2D eigenvalue weighted by molar-refractivity contribution is 7.93. The minimum Gasteiger partial charge on any atom is -0.366 e. The lowest BCUT2D eigenvalue weighted by molar-refractivity contribution is -0.129. The van der Waals surface area contributed by atoms with Crippen LogP contribution in [0.5, 0.6) is 0 Å². The number of amides is 2. The molecule has 7 nitrogen and oxygen atoms in total. The summed E-state index contributed by atoms with van der Waals surface area (Å²) in [5.41, 5.74) is 2.77. The molecule has 0 aliphatic carbocycles. The summed E-state index contributed by atoms with van der Waals surface area (Å²) in [6.07, 6.45) is 10.2. The second-order valence-corrected chi connectivity index (χ2v) is 9.16. The average Bonchev–Trinajstić information content (AvgIpc) is 3.35. The summed E-state index contributed by atoms with van der Waals surface area (Å²) in [5.74, 6) is -0.399. The number of rotatable bonds is 3. The number of aromatic amines is 1. The predicted octanol–water partition coefficient (Wildman–Crippen LogP) is 0.826. The second kappa shape index (κ2) is 6.53. The van der Waals surface area contributed by atoms with Gasteiger partial charge in [0.25, 0.3) is 0 Å². The fourth-order valence-corrected chi connectivity index (χ4v) is 5.80. The van der Waals surface area contributed by atoms with Crippen LogP contribution in [0.2, 0.25) is 0 Å². The summed E-state index contributed by atoms with van der Waals surface area (Å²) in [7, 11) is -3.62. The van der Waals surface area contributed by atoms with Crippen molar-refractivity contribution in [3.05, 3.63) is 53.4 Å². The van der Waals surface area contributed by atoms with E-state index >= 15 is 0 Å². The van der Waals surface area contributed by atoms with Crippen LogP contribution in [0.1, 0.15) is 12.5 Å². The van der Waals surface area contributed by atoms with Gasteiger partial charge in [-0.15, -0.1) is 0 Å². The van der Waals surface area contributed by atoms with Gasteiger partial charge >= 0.3 is 0 Å². The Morgan fingerprint density at radius 1 is 1.07 bits per heavy atom. The SMILES string of the molecule is C/C=C/C=C/C(=O)N1CC2=C(C1)CN(C(=O)C1Cc3c[nH]cc3S1(=O)=O)C2. The number of aromatic nitrogens is 1. The molecule has 3 aliphatic heterocycles. The van der Waals surface area contributed by atoms with Crippen LogP contribution in [-0.2, 0) is 25.8 Å². The topological polar surface area (TPSA) is 90.6 Å². The number of carbonyl (C=O) groups excluding carboxylic acids is 2. The van der Waals surface area contributed by atoms with Crippen LogP contribution >= 0.6 is 0 Å². The summed E-state index contributed by atoms with van der Waals surface area (Å²) in [6.45, 7) is 3.68. The highest BCUT2D eigenvalue weighted by Crippen LogP contribution is 2.34. The maximum atomic E-state index is 12.9. The maximum Gasteiger partial charge on any atom is 0.247 e. The number of carbonyl (C=O) groups is 2. The Balaban J connectivity index is 1.39. The molecule has 1 N–H and O–H groups in total. The van der Waals surface area contributed by atoms with E-state index in [2.05, 4.69) is 4.98 Å². The molecule has 0 radical (unpaired) electrons. The molecule has 0 saturated carbocycles. The molecule has 142 valence electrons. The quantitative estimate of drug-likeness (QED) is 0.472. The van der Waals surface area contributed by atoms with Crippen molar-refractivity contribution in [3.8, 4) is 0 Å². The third kappa shape index (κ3) is 2.93. The lowest BCUT2D eigenvalue weighted by Crippen LogP contribution is -2.43. The van der Waals surface area contributed by atoms with Gasteiger partial charge in [-0.1, -0.05) is 18.2 Å². The van der Waals surface area contributed by atoms with Gasteiger partial charge in [-0.05, 0) is 23.6 Å². The van der Waals surface area contributed by atoms with Crippen molar-refractivity contribution >= 4 is 21.7 Å². The maximum absolute atomic E-state index is 12.9. The van der Waals surface area contributed by atoms with Crippen molar-refractivity contribution in [1.82, 2.24) is 14.8 Å². The highest BCUT2D eigenvalue weighted by atomic mass is 32.2. The van der Waals surface area contributed by atoms with Crippen LogP contribution < -0.4 is 0 Å². The molecule has 8 heteroatoms. The number of sulfone groups is 1. The molecule has 1 aromatic heterocycles. The Kier molecular flexibility index (Phi) is 4.30. The van der Waals surface area contributed by atoms with Gasteiger partial charge < -0.3 is 14.8 Å². The zero-order valence-electron chi connectivity index (χ0n) is 15.0. The van der Waals surface area contributed by atoms with Crippen LogP contribution in [0.3, 0.4) is 0 Å². The minimum absolute atomic E-state index is 0.0575. The van der Waals surface area contributed by atoms with Gasteiger partial charge in [0.05, 0.1) is 4.90 Å². The number of hydrogen-bond acceptors (Lipinski definition) is 4. The Labute approximate surface area is 157 Å². The van der Waals surface area contributed by atoms with Crippen molar-refractivity contribution in [1.29, 1.82) is 0 Å². The fraction of sp³-hybridized carbons (Fsp3) is 0.368. The molecule has 1 unspecified atom stereocenters. The van der Waals surface area contributed by atoms with E-state index in [-0.39, 0.29) is 23.1 Å². The first-order valence-corrected chi connectivity index (χ1v) is 10.4. The van der Waals surface area contributed by atoms with Crippen molar-refractivity contribution in [2.75, 3.05) is 26.2 Å². The van der Waals surface area contributed by atoms with Gasteiger partial charge in [-0.2, -0.15) is 0 Å². The van der Waals surface area contributed by atoms with Crippen molar-refractivity contribution in [2.24, 2.45) is 0 Å². The minimum atomic E-state index is -3.62. The van der Waals surface area contributed by atoms with Gasteiger partial charge in [0.15, 0.2) is 9.84 Å². The molecule has 3 aliphatic rings. The Morgan fingerprint density at radius 3 is 2.37 bits per heavy atom. The molecule has 0 fully saturated rings. The molecule has 1 aromatic rings. The van der Waals surface area contributed by atoms with Crippen LogP contribution in [0, 0.1) is 0 Å². The summed E-state index contributed by atoms with van der Waals surface area (Å²) < 4.78 is 25.2. The monoisotopic (exact) mass is 387 g/mol. The number of allylic oxidation sites excluding steroid dienone is 3. The average molecular weight is 387 g/mol. The Hall–Kier alpha value is -2.61. The normalized spacial score (nSPS) is 23.7. The Morgan fingerprint density at radius 2 is 1.74 bits per heavy atom. The van der Waals surface area contributed by atoms with E-state index in [1.165, 1.54) is 12.3 Å². The zero-order chi connectivity index (χ0) is 19.2. The molecule has 0 saturated heterocycles. The number of nitrogens with one attached hydrogen (secondary N) is 1. The van der Waals surface area contributed by atoms with E-state index in [9.17, 15) is 18.0 Å². The van der Waals surface area contributed by atoms with E-state index in [0.29, 0.717) is 31.7 Å². The van der Waals surface area contributed by atoms with Crippen LogP contribution in [0.25, 0.3) is 0 Å². The summed E-state index contributed by atoms with van der Waals surface area (Å²) in [6, 6.07) is 0. The summed E-state index contributed by atoms with van der Waals surface area (Å²) in [5, 5.41) is -1.03. The molecule has 0 aromatic carbocycles. The van der Waals surface area contributed by atoms with Gasteiger partial charge in [-0.25, -0.2) is 8.42 Å². The molecule has 2 amide bonds. The van der Waals surface area contributed by atoms with Crippen LogP contribution in [0.4, 0.5) is 0 Å². The number of fused-ring (bicyclic) bond motifs is 1. The van der Waals surface area contributed by atoms with Gasteiger partial charge in [0.1, 0.15) is 5.25 Å². The number of hydrogen-bond donors (Lipinski definition) is 1. The smallest absolute Gasteiger partial charge is 0.247 e. The van der Waals surface area contributed by atoms with E-state index in [1.54, 1.807) is 28.1 Å². The highest BCUT2D eigenvalue weighted by Gasteiger charge is 2.46. The third-order valence-corrected chi connectivity index (χ3v) is 7.45. The molecule has 1 atom stereocenters. The molecule has 4 rings (SSSR count). The third-order valence-electron chi connectivity index (χ3n) is 5.34. The molecular formula is C19H21N3O4S. The van der Waals surface area contributed by atoms with Gasteiger partial charge in [0.2, 0.25) is 11.8 Å². The molecule has 27 heavy (non-hydrogen) atoms. The predicted molar refractivity (Wildman–Crippen MR) is 99.6 cm³/mol. The largest absolute Gasteiger partial charge is 0.366 e. The lowest BCUT2D eigenvalue weighted by Gasteiger charge is -2.24. The molecule has 0 spiro atoms. The zero-order valence-corrected chi connectivity index (χ0v) is 15.8. The summed E-state index contributed by atoms with van der Waals surface area (Å²) in [4.78, 5) is 31.4. The van der Waals surface area contributed by atoms with E-state index in [1.807, 2.05) is 13.0 Å². The number of H-pyrrole nitrogens is 1. The Bertz CT molecular complexity index is 982. The van der Waals surface area contributed by atoms with Crippen molar-refractivity contribution in [3.63, 3.8) is 0 Å². The number of nitrogens with zero attached hydrogens (tertiary/aromatic N) is 2. The lowest BCUT2D eigenvalue weighted by atomic mass is 10.2. The standard InChI is InChI=1S/C19H21N3O4S/c1-2-3-4-5-18(23)21-9-14-11-22(12-15(14)10-21)19(24)16-6-13-7-20-8-17(13)27(16,25)26/h2-5,7-8,16,20H,6,9-12H2,1H3/b3-2+,5-4+. The molecule has 0 bridgehead atoms. The molecular weight excluding hydrogens is 366 g/mol. The first-order valence-electron chi connectivity index (χ1n) is 8.88. The first kappa shape index (κ1) is 17.8. The van der Waals surface area contributed by atoms with Crippen LogP contribution in [0.15, 0.2) is 52.7 Å². The van der Waals surface area contributed by atoms with Crippen LogP contribution in [-0.4, -0.2) is 66.4 Å². The van der Waals surface area contributed by atoms with E-state index in [0.717, 1.165) is 11.1 Å². The summed E-state index contributed by atoms with van der Waals surface area (Å²) >= 11 is 0. The van der Waals surface area contributed by atoms with E-state index in [4.69, 9.17) is 0 Å². The second-order valence-electron chi connectivity index (χ2n) is 7.06. The first-order chi connectivity index (χ1) is 12.9. The fourth-order valence-electron chi connectivity index (χ4n) is 3.94.